The van der Waals surface area contributed by atoms with Gasteiger partial charge in [0.1, 0.15) is 31.0 Å². The summed E-state index contributed by atoms with van der Waals surface area (Å²) < 4.78 is 0. The summed E-state index contributed by atoms with van der Waals surface area (Å²) >= 11 is 0. The van der Waals surface area contributed by atoms with E-state index >= 15 is 0 Å². The molecule has 1 aliphatic carbocycles. The second kappa shape index (κ2) is 9.75. The summed E-state index contributed by atoms with van der Waals surface area (Å²) in [7, 11) is 0. The van der Waals surface area contributed by atoms with Gasteiger partial charge < -0.3 is 9.68 Å². The van der Waals surface area contributed by atoms with E-state index in [0.29, 0.717) is 13.2 Å². The van der Waals surface area contributed by atoms with Crippen LogP contribution in [0.3, 0.4) is 0 Å². The molecule has 0 aliphatic heterocycles. The molecule has 3 rings (SSSR count). The minimum absolute atomic E-state index is 0.529. The van der Waals surface area contributed by atoms with Gasteiger partial charge in [-0.25, -0.2) is 9.97 Å². The molecule has 1 aliphatic rings. The molecule has 7 heteroatoms. The zero-order chi connectivity index (χ0) is 18.9. The molecule has 0 saturated heterocycles. The molecule has 0 unspecified atom stereocenters. The molecule has 0 atom stereocenters. The summed E-state index contributed by atoms with van der Waals surface area (Å²) in [5, 5.41) is 8.36. The molecule has 0 radical (unpaired) electrons. The fourth-order valence-electron chi connectivity index (χ4n) is 2.93. The summed E-state index contributed by atoms with van der Waals surface area (Å²) in [6.45, 7) is 4.91. The largest absolute Gasteiger partial charge is 0.396 e. The second-order valence-corrected chi connectivity index (χ2v) is 6.33. The minimum atomic E-state index is 0.529. The zero-order valence-electron chi connectivity index (χ0n) is 15.9. The summed E-state index contributed by atoms with van der Waals surface area (Å²) in [6, 6.07) is 6.06. The van der Waals surface area contributed by atoms with Gasteiger partial charge in [0.15, 0.2) is 0 Å². The van der Waals surface area contributed by atoms with Crippen molar-refractivity contribution in [1.82, 2.24) is 15.0 Å². The van der Waals surface area contributed by atoms with E-state index in [2.05, 4.69) is 32.4 Å². The standard InChI is InChI=1S/C20H25N5O2/c1-3-26-25-19-8-4-6-16-9-10-17(23-20(16)19)7-5-13-27-24-15(2)18-11-12-21-14-22-18/h9-12,14H,3-8,13H2,1-2H3/b24-15+,25-19+. The number of hydrogen-bond donors (Lipinski definition) is 0. The van der Waals surface area contributed by atoms with Crippen molar-refractivity contribution in [1.29, 1.82) is 0 Å². The van der Waals surface area contributed by atoms with Crippen molar-refractivity contribution < 1.29 is 9.68 Å². The van der Waals surface area contributed by atoms with Gasteiger partial charge in [-0.05, 0) is 63.6 Å². The highest BCUT2D eigenvalue weighted by Crippen LogP contribution is 2.21. The summed E-state index contributed by atoms with van der Waals surface area (Å²) in [4.78, 5) is 23.5. The Kier molecular flexibility index (Phi) is 6.84. The van der Waals surface area contributed by atoms with E-state index in [1.807, 2.05) is 13.8 Å². The fraction of sp³-hybridized carbons (Fsp3) is 0.450. The Morgan fingerprint density at radius 3 is 2.93 bits per heavy atom. The zero-order valence-corrected chi connectivity index (χ0v) is 15.9. The van der Waals surface area contributed by atoms with Crippen LogP contribution in [0.2, 0.25) is 0 Å². The van der Waals surface area contributed by atoms with Gasteiger partial charge in [-0.1, -0.05) is 16.4 Å². The predicted molar refractivity (Wildman–Crippen MR) is 104 cm³/mol. The van der Waals surface area contributed by atoms with Crippen LogP contribution in [-0.4, -0.2) is 39.6 Å². The van der Waals surface area contributed by atoms with Gasteiger partial charge in [-0.2, -0.15) is 0 Å². The smallest absolute Gasteiger partial charge is 0.117 e. The van der Waals surface area contributed by atoms with Crippen molar-refractivity contribution in [3.05, 3.63) is 53.4 Å². The first-order valence-corrected chi connectivity index (χ1v) is 9.39. The Balaban J connectivity index is 1.53. The Hall–Kier alpha value is -2.83. The molecule has 7 nitrogen and oxygen atoms in total. The summed E-state index contributed by atoms with van der Waals surface area (Å²) in [5.41, 5.74) is 5.75. The molecule has 2 heterocycles. The Morgan fingerprint density at radius 2 is 2.11 bits per heavy atom. The Morgan fingerprint density at radius 1 is 1.19 bits per heavy atom. The van der Waals surface area contributed by atoms with Crippen molar-refractivity contribution in [2.75, 3.05) is 13.2 Å². The van der Waals surface area contributed by atoms with E-state index in [4.69, 9.17) is 14.7 Å². The van der Waals surface area contributed by atoms with E-state index in [1.165, 1.54) is 11.9 Å². The Labute approximate surface area is 159 Å². The van der Waals surface area contributed by atoms with E-state index in [0.717, 1.165) is 60.6 Å². The monoisotopic (exact) mass is 367 g/mol. The van der Waals surface area contributed by atoms with Crippen molar-refractivity contribution in [2.24, 2.45) is 10.3 Å². The fourth-order valence-corrected chi connectivity index (χ4v) is 2.93. The lowest BCUT2D eigenvalue weighted by Crippen LogP contribution is -2.16. The van der Waals surface area contributed by atoms with Gasteiger partial charge >= 0.3 is 0 Å². The van der Waals surface area contributed by atoms with E-state index in [1.54, 1.807) is 12.3 Å². The number of nitrogens with zero attached hydrogens (tertiary/aromatic N) is 5. The van der Waals surface area contributed by atoms with Crippen LogP contribution in [0.5, 0.6) is 0 Å². The lowest BCUT2D eigenvalue weighted by molar-refractivity contribution is 0.141. The minimum Gasteiger partial charge on any atom is -0.396 e. The van der Waals surface area contributed by atoms with Crippen LogP contribution in [-0.2, 0) is 22.5 Å². The molecule has 27 heavy (non-hydrogen) atoms. The van der Waals surface area contributed by atoms with E-state index in [9.17, 15) is 0 Å². The molecular formula is C20H25N5O2. The van der Waals surface area contributed by atoms with Crippen molar-refractivity contribution >= 4 is 11.4 Å². The van der Waals surface area contributed by atoms with Crippen LogP contribution in [0.25, 0.3) is 0 Å². The highest BCUT2D eigenvalue weighted by atomic mass is 16.6. The molecule has 2 aromatic rings. The van der Waals surface area contributed by atoms with Crippen molar-refractivity contribution in [2.45, 2.75) is 46.0 Å². The molecular weight excluding hydrogens is 342 g/mol. The van der Waals surface area contributed by atoms with Gasteiger partial charge in [-0.3, -0.25) is 4.98 Å². The third kappa shape index (κ3) is 5.32. The lowest BCUT2D eigenvalue weighted by Gasteiger charge is -2.17. The van der Waals surface area contributed by atoms with Crippen LogP contribution >= 0.6 is 0 Å². The maximum Gasteiger partial charge on any atom is 0.117 e. The predicted octanol–water partition coefficient (Wildman–Crippen LogP) is 3.32. The number of rotatable bonds is 8. The summed E-state index contributed by atoms with van der Waals surface area (Å²) in [6.07, 6.45) is 7.92. The third-order valence-electron chi connectivity index (χ3n) is 4.30. The van der Waals surface area contributed by atoms with Gasteiger partial charge in [0.2, 0.25) is 0 Å². The normalized spacial score (nSPS) is 15.5. The number of hydrogen-bond acceptors (Lipinski definition) is 7. The quantitative estimate of drug-likeness (QED) is 0.406. The van der Waals surface area contributed by atoms with Gasteiger partial charge in [-0.15, -0.1) is 0 Å². The first-order chi connectivity index (χ1) is 13.3. The van der Waals surface area contributed by atoms with Crippen LogP contribution in [0.1, 0.15) is 55.8 Å². The molecule has 0 fully saturated rings. The second-order valence-electron chi connectivity index (χ2n) is 6.33. The highest BCUT2D eigenvalue weighted by Gasteiger charge is 2.18. The van der Waals surface area contributed by atoms with E-state index < -0.39 is 0 Å². The number of fused-ring (bicyclic) bond motifs is 1. The molecule has 0 bridgehead atoms. The van der Waals surface area contributed by atoms with Crippen LogP contribution in [0.4, 0.5) is 0 Å². The van der Waals surface area contributed by atoms with Crippen LogP contribution < -0.4 is 0 Å². The van der Waals surface area contributed by atoms with Crippen molar-refractivity contribution in [3.63, 3.8) is 0 Å². The first-order valence-electron chi connectivity index (χ1n) is 9.39. The number of aromatic nitrogens is 3. The summed E-state index contributed by atoms with van der Waals surface area (Å²) in [5.74, 6) is 0. The van der Waals surface area contributed by atoms with Gasteiger partial charge in [0.25, 0.3) is 0 Å². The molecule has 0 spiro atoms. The van der Waals surface area contributed by atoms with Gasteiger partial charge in [0.05, 0.1) is 11.4 Å². The average Bonchev–Trinajstić information content (AvgIpc) is 2.72. The number of oxime groups is 2. The maximum absolute atomic E-state index is 5.41. The molecule has 0 saturated carbocycles. The van der Waals surface area contributed by atoms with Crippen molar-refractivity contribution in [3.8, 4) is 0 Å². The van der Waals surface area contributed by atoms with Crippen LogP contribution in [0, 0.1) is 0 Å². The van der Waals surface area contributed by atoms with Crippen LogP contribution in [0.15, 0.2) is 41.0 Å². The molecule has 2 aromatic heterocycles. The highest BCUT2D eigenvalue weighted by molar-refractivity contribution is 6.00. The lowest BCUT2D eigenvalue weighted by atomic mass is 9.94. The molecule has 0 N–H and O–H groups in total. The maximum atomic E-state index is 5.41. The first kappa shape index (κ1) is 18.9. The average molecular weight is 367 g/mol. The van der Waals surface area contributed by atoms with E-state index in [-0.39, 0.29) is 0 Å². The molecule has 142 valence electrons. The topological polar surface area (TPSA) is 81.9 Å². The third-order valence-corrected chi connectivity index (χ3v) is 4.30. The SMILES string of the molecule is CCO/N=C1\CCCc2ccc(CCCO/N=C(\C)c3ccncn3)nc21. The number of pyridine rings is 1. The molecule has 0 amide bonds. The van der Waals surface area contributed by atoms with Gasteiger partial charge in [0, 0.05) is 11.9 Å². The molecule has 0 aromatic carbocycles. The number of aryl methyl sites for hydroxylation is 2. The Bertz CT molecular complexity index is 805.